The van der Waals surface area contributed by atoms with Gasteiger partial charge in [-0.2, -0.15) is 0 Å². The summed E-state index contributed by atoms with van der Waals surface area (Å²) in [6.45, 7) is 0. The number of ether oxygens (including phenoxy) is 1. The van der Waals surface area contributed by atoms with Crippen molar-refractivity contribution in [3.8, 4) is 0 Å². The van der Waals surface area contributed by atoms with Gasteiger partial charge in [0.25, 0.3) is 0 Å². The second-order valence-electron chi connectivity index (χ2n) is 4.27. The van der Waals surface area contributed by atoms with Gasteiger partial charge in [0.2, 0.25) is 0 Å². The highest BCUT2D eigenvalue weighted by Crippen LogP contribution is 2.57. The maximum Gasteiger partial charge on any atom is 0.310 e. The predicted molar refractivity (Wildman–Crippen MR) is 40.7 cm³/mol. The van der Waals surface area contributed by atoms with Gasteiger partial charge in [0.15, 0.2) is 0 Å². The van der Waals surface area contributed by atoms with Crippen LogP contribution in [0.2, 0.25) is 0 Å². The van der Waals surface area contributed by atoms with E-state index < -0.39 is 11.9 Å². The third kappa shape index (κ3) is 0.716. The number of aliphatic carboxylic acids is 1. The number of hydrogen-bond acceptors (Lipinski definition) is 3. The van der Waals surface area contributed by atoms with Crippen LogP contribution in [0.3, 0.4) is 0 Å². The maximum atomic E-state index is 11.2. The Hall–Kier alpha value is -1.06. The lowest BCUT2D eigenvalue weighted by molar-refractivity contribution is -0.151. The number of carbonyl (C=O) groups is 2. The molecular weight excluding hydrogens is 172 g/mol. The Morgan fingerprint density at radius 3 is 2.92 bits per heavy atom. The first-order valence-corrected chi connectivity index (χ1v) is 4.62. The number of fused-ring (bicyclic) bond motifs is 1. The molecule has 4 nitrogen and oxygen atoms in total. The lowest BCUT2D eigenvalue weighted by Crippen LogP contribution is -2.32. The summed E-state index contributed by atoms with van der Waals surface area (Å²) in [5.74, 6) is -0.979. The van der Waals surface area contributed by atoms with E-state index in [1.807, 2.05) is 0 Å². The van der Waals surface area contributed by atoms with Crippen LogP contribution in [0.5, 0.6) is 0 Å². The largest absolute Gasteiger partial charge is 0.481 e. The predicted octanol–water partition coefficient (Wildman–Crippen LogP) is 0.269. The fourth-order valence-corrected chi connectivity index (χ4v) is 3.30. The first-order chi connectivity index (χ1) is 6.18. The molecule has 4 heteroatoms. The highest BCUT2D eigenvalue weighted by Gasteiger charge is 2.63. The second-order valence-corrected chi connectivity index (χ2v) is 4.27. The molecule has 1 N–H and O–H groups in total. The van der Waals surface area contributed by atoms with Crippen molar-refractivity contribution in [1.29, 1.82) is 0 Å². The molecule has 1 aliphatic heterocycles. The molecule has 3 aliphatic rings. The van der Waals surface area contributed by atoms with Crippen molar-refractivity contribution in [3.63, 3.8) is 0 Å². The van der Waals surface area contributed by atoms with Gasteiger partial charge in [-0.15, -0.1) is 0 Å². The molecule has 3 rings (SSSR count). The van der Waals surface area contributed by atoms with Crippen LogP contribution in [-0.2, 0) is 14.3 Å². The molecule has 5 atom stereocenters. The third-order valence-electron chi connectivity index (χ3n) is 3.77. The Morgan fingerprint density at radius 2 is 2.23 bits per heavy atom. The molecule has 0 amide bonds. The number of esters is 1. The summed E-state index contributed by atoms with van der Waals surface area (Å²) >= 11 is 0. The van der Waals surface area contributed by atoms with E-state index in [4.69, 9.17) is 9.84 Å². The number of rotatable bonds is 1. The summed E-state index contributed by atoms with van der Waals surface area (Å²) in [6.07, 6.45) is 1.29. The summed E-state index contributed by atoms with van der Waals surface area (Å²) in [5.41, 5.74) is 0. The van der Waals surface area contributed by atoms with E-state index in [-0.39, 0.29) is 29.8 Å². The zero-order chi connectivity index (χ0) is 9.16. The Kier molecular flexibility index (Phi) is 1.16. The fourth-order valence-electron chi connectivity index (χ4n) is 3.30. The Labute approximate surface area is 74.9 Å². The maximum absolute atomic E-state index is 11.2. The van der Waals surface area contributed by atoms with E-state index in [2.05, 4.69) is 0 Å². The summed E-state index contributed by atoms with van der Waals surface area (Å²) < 4.78 is 5.09. The average Bonchev–Trinajstić information content (AvgIpc) is 2.61. The summed E-state index contributed by atoms with van der Waals surface area (Å²) in [5, 5.41) is 8.95. The first kappa shape index (κ1) is 7.35. The lowest BCUT2D eigenvalue weighted by Gasteiger charge is -2.20. The van der Waals surface area contributed by atoms with Crippen LogP contribution < -0.4 is 0 Å². The summed E-state index contributed by atoms with van der Waals surface area (Å²) in [7, 11) is 0. The summed E-state index contributed by atoms with van der Waals surface area (Å²) in [4.78, 5) is 22.1. The van der Waals surface area contributed by atoms with Crippen LogP contribution in [0.1, 0.15) is 12.8 Å². The van der Waals surface area contributed by atoms with E-state index >= 15 is 0 Å². The van der Waals surface area contributed by atoms with Gasteiger partial charge in [0, 0.05) is 5.92 Å². The topological polar surface area (TPSA) is 63.6 Å². The van der Waals surface area contributed by atoms with E-state index in [0.29, 0.717) is 0 Å². The molecule has 1 saturated heterocycles. The molecule has 3 fully saturated rings. The van der Waals surface area contributed by atoms with Crippen molar-refractivity contribution < 1.29 is 19.4 Å². The normalized spacial score (nSPS) is 51.1. The van der Waals surface area contributed by atoms with Crippen molar-refractivity contribution in [2.75, 3.05) is 0 Å². The third-order valence-corrected chi connectivity index (χ3v) is 3.77. The Bertz CT molecular complexity index is 298. The zero-order valence-electron chi connectivity index (χ0n) is 6.97. The van der Waals surface area contributed by atoms with Crippen LogP contribution in [0.15, 0.2) is 0 Å². The van der Waals surface area contributed by atoms with Crippen LogP contribution in [0, 0.1) is 23.7 Å². The van der Waals surface area contributed by atoms with Crippen LogP contribution in [0.4, 0.5) is 0 Å². The number of carboxylic acid groups (broad SMARTS) is 1. The van der Waals surface area contributed by atoms with Gasteiger partial charge >= 0.3 is 11.9 Å². The smallest absolute Gasteiger partial charge is 0.310 e. The van der Waals surface area contributed by atoms with Gasteiger partial charge in [-0.25, -0.2) is 0 Å². The monoisotopic (exact) mass is 182 g/mol. The van der Waals surface area contributed by atoms with Crippen LogP contribution >= 0.6 is 0 Å². The van der Waals surface area contributed by atoms with Crippen molar-refractivity contribution in [3.05, 3.63) is 0 Å². The van der Waals surface area contributed by atoms with E-state index in [0.717, 1.165) is 12.8 Å². The molecule has 2 aliphatic carbocycles. The highest BCUT2D eigenvalue weighted by molar-refractivity contribution is 5.80. The van der Waals surface area contributed by atoms with E-state index in [1.165, 1.54) is 0 Å². The van der Waals surface area contributed by atoms with Gasteiger partial charge in [-0.1, -0.05) is 0 Å². The molecule has 0 spiro atoms. The Balaban J connectivity index is 1.98. The molecule has 70 valence electrons. The van der Waals surface area contributed by atoms with Crippen molar-refractivity contribution in [2.24, 2.45) is 23.7 Å². The SMILES string of the molecule is O=C1OC2C3CC(CC13)C2C(=O)O. The minimum Gasteiger partial charge on any atom is -0.481 e. The minimum absolute atomic E-state index is 0.0191. The number of hydrogen-bond donors (Lipinski definition) is 1. The first-order valence-electron chi connectivity index (χ1n) is 4.62. The Morgan fingerprint density at radius 1 is 1.46 bits per heavy atom. The number of carboxylic acids is 1. The van der Waals surface area contributed by atoms with Crippen molar-refractivity contribution >= 4 is 11.9 Å². The van der Waals surface area contributed by atoms with Gasteiger partial charge in [0.05, 0.1) is 11.8 Å². The lowest BCUT2D eigenvalue weighted by atomic mass is 9.82. The molecule has 0 radical (unpaired) electrons. The molecule has 5 unspecified atom stereocenters. The van der Waals surface area contributed by atoms with Gasteiger partial charge < -0.3 is 9.84 Å². The molecule has 0 aromatic carbocycles. The van der Waals surface area contributed by atoms with Gasteiger partial charge in [-0.05, 0) is 18.8 Å². The van der Waals surface area contributed by atoms with Gasteiger partial charge in [0.1, 0.15) is 6.10 Å². The van der Waals surface area contributed by atoms with Crippen LogP contribution in [0.25, 0.3) is 0 Å². The quantitative estimate of drug-likeness (QED) is 0.591. The molecule has 2 bridgehead atoms. The van der Waals surface area contributed by atoms with Crippen molar-refractivity contribution in [1.82, 2.24) is 0 Å². The van der Waals surface area contributed by atoms with E-state index in [1.54, 1.807) is 0 Å². The number of carbonyl (C=O) groups excluding carboxylic acids is 1. The summed E-state index contributed by atoms with van der Waals surface area (Å²) in [6, 6.07) is 0. The van der Waals surface area contributed by atoms with Crippen molar-refractivity contribution in [2.45, 2.75) is 18.9 Å². The molecule has 0 aromatic rings. The second kappa shape index (κ2) is 2.05. The molecule has 0 aromatic heterocycles. The molecule has 2 saturated carbocycles. The minimum atomic E-state index is -0.800. The average molecular weight is 182 g/mol. The van der Waals surface area contributed by atoms with E-state index in [9.17, 15) is 9.59 Å². The molecule has 1 heterocycles. The molecule has 13 heavy (non-hydrogen) atoms. The molecular formula is C9H10O4. The highest BCUT2D eigenvalue weighted by atomic mass is 16.6. The van der Waals surface area contributed by atoms with Crippen LogP contribution in [-0.4, -0.2) is 23.1 Å². The standard InChI is InChI=1S/C9H10O4/c10-8(11)6-3-1-4-5(2-3)9(12)13-7(4)6/h3-7H,1-2H2,(H,10,11). The van der Waals surface area contributed by atoms with Gasteiger partial charge in [-0.3, -0.25) is 9.59 Å². The fraction of sp³-hybridized carbons (Fsp3) is 0.778. The zero-order valence-corrected chi connectivity index (χ0v) is 6.97.